The first-order chi connectivity index (χ1) is 7.27. The lowest BCUT2D eigenvalue weighted by Gasteiger charge is -2.03. The van der Waals surface area contributed by atoms with Gasteiger partial charge in [-0.15, -0.1) is 0 Å². The summed E-state index contributed by atoms with van der Waals surface area (Å²) in [5.41, 5.74) is 15.3. The van der Waals surface area contributed by atoms with Crippen LogP contribution in [0.5, 0.6) is 0 Å². The number of hydrogen-bond donors (Lipinski definition) is 4. The maximum atomic E-state index is 10.2. The van der Waals surface area contributed by atoms with Crippen LogP contribution in [0.4, 0.5) is 0 Å². The second-order valence-corrected chi connectivity index (χ2v) is 3.74. The molecule has 0 spiro atoms. The SMILES string of the molecule is CN(C)C.NC(N)=NCCC[C@H](N)C(=O)O. The molecule has 0 aromatic carbocycles. The van der Waals surface area contributed by atoms with E-state index in [1.165, 1.54) is 0 Å². The van der Waals surface area contributed by atoms with Crippen LogP contribution >= 0.6 is 0 Å². The van der Waals surface area contributed by atoms with Gasteiger partial charge in [-0.1, -0.05) is 0 Å². The summed E-state index contributed by atoms with van der Waals surface area (Å²) in [6.07, 6.45) is 0.956. The van der Waals surface area contributed by atoms with Crippen LogP contribution in [-0.4, -0.2) is 55.7 Å². The summed E-state index contributed by atoms with van der Waals surface area (Å²) in [7, 11) is 6.00. The van der Waals surface area contributed by atoms with Crippen molar-refractivity contribution in [3.8, 4) is 0 Å². The topological polar surface area (TPSA) is 131 Å². The fourth-order valence-electron chi connectivity index (χ4n) is 0.643. The standard InChI is InChI=1S/C6H14N4O2.C3H9N/c7-4(5(11)12)2-1-3-10-6(8)9;1-4(2)3/h4H,1-3,7H2,(H,11,12)(H4,8,9,10);1-3H3/t4-;/m0./s1. The number of rotatable bonds is 5. The van der Waals surface area contributed by atoms with Crippen LogP contribution in [0.15, 0.2) is 4.99 Å². The molecule has 0 aliphatic carbocycles. The second kappa shape index (κ2) is 10.2. The monoisotopic (exact) mass is 233 g/mol. The largest absolute Gasteiger partial charge is 0.480 e. The van der Waals surface area contributed by atoms with Gasteiger partial charge in [0.15, 0.2) is 5.96 Å². The third-order valence-corrected chi connectivity index (χ3v) is 1.28. The summed E-state index contributed by atoms with van der Waals surface area (Å²) in [5, 5.41) is 8.38. The summed E-state index contributed by atoms with van der Waals surface area (Å²) >= 11 is 0. The van der Waals surface area contributed by atoms with Crippen LogP contribution in [0.3, 0.4) is 0 Å². The molecule has 0 fully saturated rings. The van der Waals surface area contributed by atoms with E-state index in [0.29, 0.717) is 19.4 Å². The molecule has 7 heteroatoms. The molecular formula is C9H23N5O2. The van der Waals surface area contributed by atoms with Crippen LogP contribution in [0.1, 0.15) is 12.8 Å². The van der Waals surface area contributed by atoms with Gasteiger partial charge in [0.2, 0.25) is 0 Å². The lowest BCUT2D eigenvalue weighted by molar-refractivity contribution is -0.138. The highest BCUT2D eigenvalue weighted by atomic mass is 16.4. The summed E-state index contributed by atoms with van der Waals surface area (Å²) in [6.45, 7) is 0.420. The fraction of sp³-hybridized carbons (Fsp3) is 0.778. The predicted octanol–water partition coefficient (Wildman–Crippen LogP) is -1.37. The van der Waals surface area contributed by atoms with E-state index in [-0.39, 0.29) is 5.96 Å². The van der Waals surface area contributed by atoms with Crippen molar-refractivity contribution in [1.29, 1.82) is 0 Å². The highest BCUT2D eigenvalue weighted by Crippen LogP contribution is 1.94. The van der Waals surface area contributed by atoms with Gasteiger partial charge in [0.25, 0.3) is 0 Å². The van der Waals surface area contributed by atoms with E-state index >= 15 is 0 Å². The Morgan fingerprint density at radius 1 is 1.38 bits per heavy atom. The van der Waals surface area contributed by atoms with E-state index < -0.39 is 12.0 Å². The third kappa shape index (κ3) is 18.4. The molecule has 0 aliphatic rings. The van der Waals surface area contributed by atoms with Gasteiger partial charge in [0.1, 0.15) is 6.04 Å². The van der Waals surface area contributed by atoms with Crippen LogP contribution < -0.4 is 17.2 Å². The first-order valence-electron chi connectivity index (χ1n) is 4.92. The van der Waals surface area contributed by atoms with Crippen molar-refractivity contribution < 1.29 is 9.90 Å². The fourth-order valence-corrected chi connectivity index (χ4v) is 0.643. The van der Waals surface area contributed by atoms with Gasteiger partial charge < -0.3 is 27.2 Å². The normalized spacial score (nSPS) is 11.3. The molecule has 0 aromatic heterocycles. The number of nitrogens with zero attached hydrogens (tertiary/aromatic N) is 2. The predicted molar refractivity (Wildman–Crippen MR) is 65.1 cm³/mol. The first kappa shape index (κ1) is 17.1. The van der Waals surface area contributed by atoms with Gasteiger partial charge in [0.05, 0.1) is 0 Å². The van der Waals surface area contributed by atoms with Gasteiger partial charge >= 0.3 is 5.97 Å². The van der Waals surface area contributed by atoms with E-state index in [4.69, 9.17) is 22.3 Å². The van der Waals surface area contributed by atoms with Crippen LogP contribution in [-0.2, 0) is 4.79 Å². The van der Waals surface area contributed by atoms with Crippen molar-refractivity contribution in [2.75, 3.05) is 27.7 Å². The smallest absolute Gasteiger partial charge is 0.320 e. The molecule has 0 radical (unpaired) electrons. The zero-order valence-corrected chi connectivity index (χ0v) is 10.2. The number of hydrogen-bond acceptors (Lipinski definition) is 4. The number of carboxylic acids is 1. The molecule has 0 bridgehead atoms. The maximum absolute atomic E-state index is 10.2. The van der Waals surface area contributed by atoms with Crippen molar-refractivity contribution in [3.05, 3.63) is 0 Å². The summed E-state index contributed by atoms with van der Waals surface area (Å²) in [5.74, 6) is -0.987. The van der Waals surface area contributed by atoms with Crippen molar-refractivity contribution in [3.63, 3.8) is 0 Å². The lowest BCUT2D eigenvalue weighted by Crippen LogP contribution is -2.30. The molecule has 96 valence electrons. The minimum absolute atomic E-state index is 0.0129. The molecule has 0 amide bonds. The Bertz CT molecular complexity index is 211. The number of guanidine groups is 1. The number of aliphatic carboxylic acids is 1. The number of aliphatic imine (C=N–C) groups is 1. The molecule has 1 atom stereocenters. The highest BCUT2D eigenvalue weighted by molar-refractivity contribution is 5.75. The van der Waals surface area contributed by atoms with Gasteiger partial charge in [-0.05, 0) is 34.0 Å². The molecule has 16 heavy (non-hydrogen) atoms. The molecule has 0 saturated carbocycles. The minimum atomic E-state index is -1.00. The van der Waals surface area contributed by atoms with E-state index in [2.05, 4.69) is 4.99 Å². The van der Waals surface area contributed by atoms with Gasteiger partial charge in [-0.3, -0.25) is 9.79 Å². The van der Waals surface area contributed by atoms with E-state index in [9.17, 15) is 4.79 Å². The average molecular weight is 233 g/mol. The third-order valence-electron chi connectivity index (χ3n) is 1.28. The number of carboxylic acid groups (broad SMARTS) is 1. The van der Waals surface area contributed by atoms with Crippen LogP contribution in [0.25, 0.3) is 0 Å². The summed E-state index contributed by atoms with van der Waals surface area (Å²) in [6, 6.07) is -0.820. The average Bonchev–Trinajstić information content (AvgIpc) is 2.10. The number of nitrogens with two attached hydrogens (primary N) is 3. The van der Waals surface area contributed by atoms with Gasteiger partial charge in [0, 0.05) is 6.54 Å². The number of carbonyl (C=O) groups is 1. The zero-order chi connectivity index (χ0) is 13.1. The van der Waals surface area contributed by atoms with E-state index in [1.807, 2.05) is 26.0 Å². The molecule has 0 rings (SSSR count). The Morgan fingerprint density at radius 2 is 1.81 bits per heavy atom. The Balaban J connectivity index is 0. The second-order valence-electron chi connectivity index (χ2n) is 3.74. The van der Waals surface area contributed by atoms with Crippen LogP contribution in [0, 0.1) is 0 Å². The summed E-state index contributed by atoms with van der Waals surface area (Å²) < 4.78 is 0. The highest BCUT2D eigenvalue weighted by Gasteiger charge is 2.09. The molecular weight excluding hydrogens is 210 g/mol. The Hall–Kier alpha value is -1.34. The maximum Gasteiger partial charge on any atom is 0.320 e. The lowest BCUT2D eigenvalue weighted by atomic mass is 10.2. The first-order valence-corrected chi connectivity index (χ1v) is 4.92. The molecule has 0 aromatic rings. The van der Waals surface area contributed by atoms with Gasteiger partial charge in [-0.2, -0.15) is 0 Å². The van der Waals surface area contributed by atoms with Crippen molar-refractivity contribution in [2.24, 2.45) is 22.2 Å². The molecule has 0 aliphatic heterocycles. The molecule has 0 heterocycles. The quantitative estimate of drug-likeness (QED) is 0.263. The van der Waals surface area contributed by atoms with Crippen LogP contribution in [0.2, 0.25) is 0 Å². The van der Waals surface area contributed by atoms with E-state index in [1.54, 1.807) is 0 Å². The molecule has 7 N–H and O–H groups in total. The van der Waals surface area contributed by atoms with Crippen molar-refractivity contribution in [1.82, 2.24) is 4.90 Å². The Labute approximate surface area is 96.3 Å². The molecule has 0 unspecified atom stereocenters. The van der Waals surface area contributed by atoms with Crippen molar-refractivity contribution in [2.45, 2.75) is 18.9 Å². The minimum Gasteiger partial charge on any atom is -0.480 e. The Morgan fingerprint density at radius 3 is 2.12 bits per heavy atom. The molecule has 0 saturated heterocycles. The summed E-state index contributed by atoms with van der Waals surface area (Å²) in [4.78, 5) is 15.9. The van der Waals surface area contributed by atoms with E-state index in [0.717, 1.165) is 0 Å². The zero-order valence-electron chi connectivity index (χ0n) is 10.2. The molecule has 7 nitrogen and oxygen atoms in total. The Kier molecular flexibility index (Phi) is 10.9. The van der Waals surface area contributed by atoms with Gasteiger partial charge in [-0.25, -0.2) is 0 Å². The van der Waals surface area contributed by atoms with Crippen molar-refractivity contribution >= 4 is 11.9 Å².